The molecule has 3 amide bonds. The number of sulfonamides is 1. The molecule has 0 radical (unpaired) electrons. The summed E-state index contributed by atoms with van der Waals surface area (Å²) in [4.78, 5) is 54.6. The number of oxime groups is 1. The Bertz CT molecular complexity index is 2170. The topological polar surface area (TPSA) is 159 Å². The second-order valence-corrected chi connectivity index (χ2v) is 18.9. The van der Waals surface area contributed by atoms with Crippen LogP contribution in [0.2, 0.25) is 0 Å². The average molecular weight is 781 g/mol. The van der Waals surface area contributed by atoms with Gasteiger partial charge in [0, 0.05) is 22.9 Å². The Kier molecular flexibility index (Phi) is 9.06. The fourth-order valence-corrected chi connectivity index (χ4v) is 9.92. The van der Waals surface area contributed by atoms with Crippen LogP contribution in [0.4, 0.5) is 13.9 Å². The maximum atomic E-state index is 14.6. The standard InChI is InChI=1S/C38H42F2N6O6S2/c1-37(2,3)31-34(48)46-18-22(16-29(46)33(47)43-38(17-28(38)32(39)40)35(49)45-54(50,51)23-12-13-23)52-44-30-26-10-5-4-9-24(26)25-14-11-20(15-27(25)30)7-6-8-21-19-53-36(41-21)42-31/h4-5,9-11,14-15,19,22-23,28-29,31-32H,6-8,12-13,16-18H2,1-3H3,(H,41,42)(H,43,47)(H,45,49)/b44-30-/t22-,28+,29+,31-,38-/m1/s1. The van der Waals surface area contributed by atoms with Crippen LogP contribution in [0.1, 0.15) is 75.3 Å². The maximum Gasteiger partial charge on any atom is 0.259 e. The van der Waals surface area contributed by atoms with E-state index in [0.717, 1.165) is 52.8 Å². The third-order valence-corrected chi connectivity index (χ3v) is 13.7. The van der Waals surface area contributed by atoms with Crippen LogP contribution in [0.15, 0.2) is 53.0 Å². The first-order valence-electron chi connectivity index (χ1n) is 18.3. The summed E-state index contributed by atoms with van der Waals surface area (Å²) in [6, 6.07) is 12.1. The molecule has 8 rings (SSSR count). The van der Waals surface area contributed by atoms with Crippen LogP contribution in [0.5, 0.6) is 0 Å². The van der Waals surface area contributed by atoms with Crippen LogP contribution in [0, 0.1) is 11.3 Å². The summed E-state index contributed by atoms with van der Waals surface area (Å²) in [6.07, 6.45) is -1.19. The van der Waals surface area contributed by atoms with Gasteiger partial charge >= 0.3 is 0 Å². The number of anilines is 1. The monoisotopic (exact) mass is 780 g/mol. The van der Waals surface area contributed by atoms with Crippen LogP contribution in [-0.2, 0) is 42.1 Å². The van der Waals surface area contributed by atoms with Crippen molar-refractivity contribution in [3.8, 4) is 11.1 Å². The van der Waals surface area contributed by atoms with Crippen molar-refractivity contribution in [1.82, 2.24) is 19.9 Å². The molecule has 3 aliphatic carbocycles. The van der Waals surface area contributed by atoms with Gasteiger partial charge < -0.3 is 20.4 Å². The van der Waals surface area contributed by atoms with Gasteiger partial charge in [-0.25, -0.2) is 22.2 Å². The largest absolute Gasteiger partial charge is 0.390 e. The molecule has 1 saturated heterocycles. The fourth-order valence-electron chi connectivity index (χ4n) is 7.78. The molecule has 12 nitrogen and oxygen atoms in total. The van der Waals surface area contributed by atoms with Crippen molar-refractivity contribution < 1.29 is 36.4 Å². The van der Waals surface area contributed by atoms with E-state index in [2.05, 4.69) is 34.0 Å². The van der Waals surface area contributed by atoms with Crippen molar-refractivity contribution >= 4 is 49.9 Å². The lowest BCUT2D eigenvalue weighted by Gasteiger charge is -2.35. The average Bonchev–Trinajstić information content (AvgIpc) is 3.98. The van der Waals surface area contributed by atoms with E-state index < -0.39 is 80.9 Å². The molecule has 2 aromatic carbocycles. The Morgan fingerprint density at radius 3 is 2.52 bits per heavy atom. The lowest BCUT2D eigenvalue weighted by molar-refractivity contribution is -0.141. The first-order valence-corrected chi connectivity index (χ1v) is 20.7. The molecule has 1 aromatic heterocycles. The first-order chi connectivity index (χ1) is 25.6. The second-order valence-electron chi connectivity index (χ2n) is 16.1. The predicted molar refractivity (Wildman–Crippen MR) is 199 cm³/mol. The number of nitrogens with zero attached hydrogens (tertiary/aromatic N) is 3. The van der Waals surface area contributed by atoms with Gasteiger partial charge in [0.05, 0.1) is 23.4 Å². The molecule has 16 heteroatoms. The molecule has 3 N–H and O–H groups in total. The van der Waals surface area contributed by atoms with Crippen molar-refractivity contribution in [2.75, 3.05) is 11.9 Å². The van der Waals surface area contributed by atoms with E-state index >= 15 is 0 Å². The number of nitrogens with one attached hydrogen (secondary N) is 3. The van der Waals surface area contributed by atoms with Crippen LogP contribution in [0.25, 0.3) is 11.1 Å². The third kappa shape index (κ3) is 6.75. The van der Waals surface area contributed by atoms with Crippen molar-refractivity contribution in [3.05, 3.63) is 70.2 Å². The van der Waals surface area contributed by atoms with Gasteiger partial charge in [-0.15, -0.1) is 11.3 Å². The number of halogens is 2. The molecule has 6 bridgehead atoms. The molecule has 286 valence electrons. The quantitative estimate of drug-likeness (QED) is 0.256. The molecule has 2 saturated carbocycles. The zero-order valence-electron chi connectivity index (χ0n) is 30.1. The number of carbonyl (C=O) groups is 3. The second kappa shape index (κ2) is 13.4. The van der Waals surface area contributed by atoms with E-state index in [0.29, 0.717) is 23.7 Å². The highest BCUT2D eigenvalue weighted by Crippen LogP contribution is 2.48. The Balaban J connectivity index is 1.15. The molecule has 5 atom stereocenters. The number of hydrogen-bond donors (Lipinski definition) is 3. The Morgan fingerprint density at radius 2 is 1.81 bits per heavy atom. The van der Waals surface area contributed by atoms with Gasteiger partial charge in [-0.2, -0.15) is 0 Å². The van der Waals surface area contributed by atoms with Gasteiger partial charge in [-0.1, -0.05) is 62.3 Å². The van der Waals surface area contributed by atoms with Crippen molar-refractivity contribution in [3.63, 3.8) is 0 Å². The molecular weight excluding hydrogens is 739 g/mol. The molecular formula is C38H42F2N6O6S2. The van der Waals surface area contributed by atoms with Gasteiger partial charge in [-0.05, 0) is 66.7 Å². The summed E-state index contributed by atoms with van der Waals surface area (Å²) < 4.78 is 55.5. The minimum atomic E-state index is -4.09. The third-order valence-electron chi connectivity index (χ3n) is 11.1. The highest BCUT2D eigenvalue weighted by Gasteiger charge is 2.67. The van der Waals surface area contributed by atoms with Crippen molar-refractivity contribution in [2.24, 2.45) is 16.5 Å². The summed E-state index contributed by atoms with van der Waals surface area (Å²) >= 11 is 1.38. The normalized spacial score (nSPS) is 27.5. The molecule has 3 aromatic rings. The molecule has 5 aliphatic rings. The highest BCUT2D eigenvalue weighted by atomic mass is 32.2. The highest BCUT2D eigenvalue weighted by molar-refractivity contribution is 7.91. The first kappa shape index (κ1) is 36.5. The molecule has 2 aliphatic heterocycles. The van der Waals surface area contributed by atoms with Gasteiger partial charge in [0.25, 0.3) is 5.91 Å². The maximum absolute atomic E-state index is 14.6. The van der Waals surface area contributed by atoms with E-state index in [4.69, 9.17) is 9.82 Å². The number of amides is 3. The summed E-state index contributed by atoms with van der Waals surface area (Å²) in [6.45, 7) is 5.59. The smallest absolute Gasteiger partial charge is 0.259 e. The summed E-state index contributed by atoms with van der Waals surface area (Å²) in [5.74, 6) is -4.11. The van der Waals surface area contributed by atoms with Crippen LogP contribution in [-0.4, -0.2) is 83.7 Å². The van der Waals surface area contributed by atoms with Crippen LogP contribution in [0.3, 0.4) is 0 Å². The molecule has 0 unspecified atom stereocenters. The van der Waals surface area contributed by atoms with E-state index in [1.54, 1.807) is 0 Å². The lowest BCUT2D eigenvalue weighted by atomic mass is 9.85. The zero-order chi connectivity index (χ0) is 38.2. The van der Waals surface area contributed by atoms with Crippen molar-refractivity contribution in [1.29, 1.82) is 0 Å². The van der Waals surface area contributed by atoms with E-state index in [9.17, 15) is 31.6 Å². The molecule has 54 heavy (non-hydrogen) atoms. The van der Waals surface area contributed by atoms with Gasteiger partial charge in [-0.3, -0.25) is 19.1 Å². The number of hydrogen-bond acceptors (Lipinski definition) is 10. The van der Waals surface area contributed by atoms with Crippen LogP contribution < -0.4 is 15.4 Å². The minimum Gasteiger partial charge on any atom is -0.390 e. The van der Waals surface area contributed by atoms with Gasteiger partial charge in [0.15, 0.2) is 5.13 Å². The Morgan fingerprint density at radius 1 is 1.07 bits per heavy atom. The molecule has 3 heterocycles. The summed E-state index contributed by atoms with van der Waals surface area (Å²) in [5.41, 5.74) is 3.63. The molecule has 0 spiro atoms. The predicted octanol–water partition coefficient (Wildman–Crippen LogP) is 4.63. The number of fused-ring (bicyclic) bond motifs is 8. The zero-order valence-corrected chi connectivity index (χ0v) is 31.7. The SMILES string of the molecule is CC(C)(C)[C@@H]1Nc2nc(cs2)CCCc2ccc3c(c2)/C(=N\O[C@@H]2C[C@@H](C(=O)N[C@]4(C(=O)NS(=O)(=O)C5CC5)C[C@H]4C(F)F)N(C2)C1=O)c1ccccc1-3. The van der Waals surface area contributed by atoms with E-state index in [1.165, 1.54) is 16.2 Å². The van der Waals surface area contributed by atoms with Gasteiger partial charge in [0.1, 0.15) is 29.4 Å². The number of alkyl halides is 2. The number of aryl methyl sites for hydroxylation is 2. The summed E-state index contributed by atoms with van der Waals surface area (Å²) in [7, 11) is -4.09. The number of rotatable bonds is 6. The van der Waals surface area contributed by atoms with E-state index in [1.807, 2.05) is 55.1 Å². The molecule has 3 fully saturated rings. The van der Waals surface area contributed by atoms with Crippen LogP contribution >= 0.6 is 11.3 Å². The lowest BCUT2D eigenvalue weighted by Crippen LogP contribution is -2.59. The summed E-state index contributed by atoms with van der Waals surface area (Å²) in [5, 5.41) is 12.2. The van der Waals surface area contributed by atoms with Gasteiger partial charge in [0.2, 0.25) is 28.3 Å². The Labute approximate surface area is 316 Å². The van der Waals surface area contributed by atoms with Crippen molar-refractivity contribution in [2.45, 2.75) is 101 Å². The Hall–Kier alpha value is -4.44. The minimum absolute atomic E-state index is 0.0570. The number of carbonyl (C=O) groups excluding carboxylic acids is 3. The fraction of sp³-hybridized carbons (Fsp3) is 0.500. The number of benzene rings is 2. The number of thiazole rings is 1. The number of aromatic nitrogens is 1. The van der Waals surface area contributed by atoms with E-state index in [-0.39, 0.29) is 13.0 Å².